The Morgan fingerprint density at radius 3 is 2.50 bits per heavy atom. The molecular weight excluding hydrogens is 224 g/mol. The van der Waals surface area contributed by atoms with E-state index in [9.17, 15) is 8.42 Å². The SMILES string of the molecule is CCCCCCC1CCC(S(N)(=O)=O)CN1. The number of unbranched alkanes of at least 4 members (excludes halogenated alkanes) is 3. The van der Waals surface area contributed by atoms with E-state index in [1.807, 2.05) is 0 Å². The van der Waals surface area contributed by atoms with Gasteiger partial charge in [-0.3, -0.25) is 0 Å². The Kier molecular flexibility index (Phi) is 5.72. The van der Waals surface area contributed by atoms with Crippen LogP contribution in [0.3, 0.4) is 0 Å². The number of rotatable bonds is 6. The van der Waals surface area contributed by atoms with Gasteiger partial charge < -0.3 is 5.32 Å². The van der Waals surface area contributed by atoms with Crippen molar-refractivity contribution in [3.05, 3.63) is 0 Å². The van der Waals surface area contributed by atoms with E-state index in [-0.39, 0.29) is 5.25 Å². The average molecular weight is 248 g/mol. The summed E-state index contributed by atoms with van der Waals surface area (Å²) in [7, 11) is -3.34. The highest BCUT2D eigenvalue weighted by molar-refractivity contribution is 7.89. The molecule has 0 amide bonds. The summed E-state index contributed by atoms with van der Waals surface area (Å²) in [6, 6.07) is 0.495. The second kappa shape index (κ2) is 6.57. The first-order valence-electron chi connectivity index (χ1n) is 6.29. The maximum Gasteiger partial charge on any atom is 0.213 e. The van der Waals surface area contributed by atoms with Crippen molar-refractivity contribution in [3.63, 3.8) is 0 Å². The average Bonchev–Trinajstić information content (AvgIpc) is 2.24. The zero-order valence-electron chi connectivity index (χ0n) is 10.1. The van der Waals surface area contributed by atoms with Crippen molar-refractivity contribution in [1.29, 1.82) is 0 Å². The molecule has 16 heavy (non-hydrogen) atoms. The number of piperidine rings is 1. The van der Waals surface area contributed by atoms with Gasteiger partial charge in [-0.25, -0.2) is 13.6 Å². The Hall–Kier alpha value is -0.130. The Labute approximate surface area is 99.0 Å². The number of nitrogens with one attached hydrogen (secondary N) is 1. The molecule has 0 aromatic rings. The molecule has 0 aliphatic carbocycles. The van der Waals surface area contributed by atoms with E-state index >= 15 is 0 Å². The molecule has 3 N–H and O–H groups in total. The van der Waals surface area contributed by atoms with Crippen molar-refractivity contribution < 1.29 is 8.42 Å². The van der Waals surface area contributed by atoms with Gasteiger partial charge in [0.15, 0.2) is 0 Å². The Bertz CT molecular complexity index is 282. The highest BCUT2D eigenvalue weighted by Gasteiger charge is 2.27. The predicted octanol–water partition coefficient (Wildman–Crippen LogP) is 1.37. The molecule has 0 radical (unpaired) electrons. The molecule has 1 aliphatic rings. The first-order valence-corrected chi connectivity index (χ1v) is 7.90. The third-order valence-electron chi connectivity index (χ3n) is 3.34. The molecule has 2 unspecified atom stereocenters. The van der Waals surface area contributed by atoms with E-state index in [2.05, 4.69) is 12.2 Å². The third kappa shape index (κ3) is 4.80. The molecule has 0 bridgehead atoms. The van der Waals surface area contributed by atoms with E-state index in [4.69, 9.17) is 5.14 Å². The number of primary sulfonamides is 1. The number of hydrogen-bond donors (Lipinski definition) is 2. The molecule has 0 aromatic carbocycles. The molecule has 5 heteroatoms. The molecule has 1 fully saturated rings. The van der Waals surface area contributed by atoms with Crippen LogP contribution in [0.1, 0.15) is 51.9 Å². The molecule has 1 aliphatic heterocycles. The van der Waals surface area contributed by atoms with Crippen molar-refractivity contribution in [2.75, 3.05) is 6.54 Å². The van der Waals surface area contributed by atoms with Gasteiger partial charge in [0.05, 0.1) is 5.25 Å². The highest BCUT2D eigenvalue weighted by atomic mass is 32.2. The summed E-state index contributed by atoms with van der Waals surface area (Å²) < 4.78 is 22.3. The topological polar surface area (TPSA) is 72.2 Å². The van der Waals surface area contributed by atoms with Gasteiger partial charge in [0, 0.05) is 12.6 Å². The van der Waals surface area contributed by atoms with Crippen LogP contribution in [0, 0.1) is 0 Å². The van der Waals surface area contributed by atoms with Gasteiger partial charge in [-0.15, -0.1) is 0 Å². The Balaban J connectivity index is 2.17. The lowest BCUT2D eigenvalue weighted by atomic mass is 9.99. The predicted molar refractivity (Wildman–Crippen MR) is 66.7 cm³/mol. The van der Waals surface area contributed by atoms with Crippen LogP contribution in [0.25, 0.3) is 0 Å². The third-order valence-corrected chi connectivity index (χ3v) is 4.67. The fraction of sp³-hybridized carbons (Fsp3) is 1.00. The van der Waals surface area contributed by atoms with Crippen LogP contribution < -0.4 is 10.5 Å². The first-order chi connectivity index (χ1) is 7.54. The maximum atomic E-state index is 11.1. The summed E-state index contributed by atoms with van der Waals surface area (Å²) in [5, 5.41) is 8.05. The highest BCUT2D eigenvalue weighted by Crippen LogP contribution is 2.17. The van der Waals surface area contributed by atoms with Crippen LogP contribution in [-0.2, 0) is 10.0 Å². The molecule has 0 aromatic heterocycles. The van der Waals surface area contributed by atoms with E-state index in [0.717, 1.165) is 12.8 Å². The fourth-order valence-corrected chi connectivity index (χ4v) is 3.03. The molecule has 2 atom stereocenters. The minimum atomic E-state index is -3.34. The minimum Gasteiger partial charge on any atom is -0.313 e. The summed E-state index contributed by atoms with van der Waals surface area (Å²) in [6.45, 7) is 2.73. The molecule has 96 valence electrons. The van der Waals surface area contributed by atoms with Crippen LogP contribution in [0.4, 0.5) is 0 Å². The minimum absolute atomic E-state index is 0.376. The van der Waals surface area contributed by atoms with E-state index < -0.39 is 10.0 Å². The van der Waals surface area contributed by atoms with Crippen LogP contribution in [-0.4, -0.2) is 26.3 Å². The second-order valence-electron chi connectivity index (χ2n) is 4.74. The van der Waals surface area contributed by atoms with Gasteiger partial charge in [0.2, 0.25) is 10.0 Å². The van der Waals surface area contributed by atoms with Crippen molar-refractivity contribution >= 4 is 10.0 Å². The van der Waals surface area contributed by atoms with Crippen molar-refractivity contribution in [2.45, 2.75) is 63.2 Å². The van der Waals surface area contributed by atoms with Crippen LogP contribution in [0.5, 0.6) is 0 Å². The second-order valence-corrected chi connectivity index (χ2v) is 6.59. The lowest BCUT2D eigenvalue weighted by Gasteiger charge is -2.28. The zero-order valence-corrected chi connectivity index (χ0v) is 10.9. The van der Waals surface area contributed by atoms with Gasteiger partial charge in [0.25, 0.3) is 0 Å². The lowest BCUT2D eigenvalue weighted by Crippen LogP contribution is -2.46. The quantitative estimate of drug-likeness (QED) is 0.697. The van der Waals surface area contributed by atoms with E-state index in [1.165, 1.54) is 25.7 Å². The molecule has 1 saturated heterocycles. The summed E-state index contributed by atoms with van der Waals surface area (Å²) in [5.41, 5.74) is 0. The van der Waals surface area contributed by atoms with Crippen LogP contribution in [0.2, 0.25) is 0 Å². The standard InChI is InChI=1S/C11H24N2O2S/c1-2-3-4-5-6-10-7-8-11(9-13-10)16(12,14)15/h10-11,13H,2-9H2,1H3,(H2,12,14,15). The number of hydrogen-bond acceptors (Lipinski definition) is 3. The van der Waals surface area contributed by atoms with Crippen LogP contribution >= 0.6 is 0 Å². The van der Waals surface area contributed by atoms with Crippen LogP contribution in [0.15, 0.2) is 0 Å². The van der Waals surface area contributed by atoms with Gasteiger partial charge in [0.1, 0.15) is 0 Å². The van der Waals surface area contributed by atoms with Crippen molar-refractivity contribution in [3.8, 4) is 0 Å². The summed E-state index contributed by atoms with van der Waals surface area (Å²) >= 11 is 0. The molecule has 1 rings (SSSR count). The maximum absolute atomic E-state index is 11.1. The van der Waals surface area contributed by atoms with Crippen molar-refractivity contribution in [1.82, 2.24) is 5.32 Å². The lowest BCUT2D eigenvalue weighted by molar-refractivity contribution is 0.369. The monoisotopic (exact) mass is 248 g/mol. The van der Waals surface area contributed by atoms with E-state index in [0.29, 0.717) is 19.0 Å². The van der Waals surface area contributed by atoms with Gasteiger partial charge in [-0.05, 0) is 19.3 Å². The molecular formula is C11H24N2O2S. The summed E-state index contributed by atoms with van der Waals surface area (Å²) in [6.07, 6.45) is 7.89. The van der Waals surface area contributed by atoms with Gasteiger partial charge in [-0.1, -0.05) is 32.6 Å². The Morgan fingerprint density at radius 1 is 1.25 bits per heavy atom. The summed E-state index contributed by atoms with van der Waals surface area (Å²) in [4.78, 5) is 0. The Morgan fingerprint density at radius 2 is 2.00 bits per heavy atom. The largest absolute Gasteiger partial charge is 0.313 e. The molecule has 0 saturated carbocycles. The van der Waals surface area contributed by atoms with Crippen molar-refractivity contribution in [2.24, 2.45) is 5.14 Å². The zero-order chi connectivity index (χ0) is 12.0. The molecule has 4 nitrogen and oxygen atoms in total. The summed E-state index contributed by atoms with van der Waals surface area (Å²) in [5.74, 6) is 0. The normalized spacial score (nSPS) is 26.9. The first kappa shape index (κ1) is 13.9. The molecule has 1 heterocycles. The number of nitrogens with two attached hydrogens (primary N) is 1. The van der Waals surface area contributed by atoms with Gasteiger partial charge in [-0.2, -0.15) is 0 Å². The number of sulfonamides is 1. The van der Waals surface area contributed by atoms with E-state index in [1.54, 1.807) is 0 Å². The molecule has 0 spiro atoms. The fourth-order valence-electron chi connectivity index (χ4n) is 2.23. The smallest absolute Gasteiger partial charge is 0.213 e. The van der Waals surface area contributed by atoms with Gasteiger partial charge >= 0.3 is 0 Å².